The molecule has 33 heavy (non-hydrogen) atoms. The number of H-pyrrole nitrogens is 1. The van der Waals surface area contributed by atoms with Crippen molar-refractivity contribution >= 4 is 11.7 Å². The minimum atomic E-state index is -0.307. The van der Waals surface area contributed by atoms with Gasteiger partial charge in [0.2, 0.25) is 0 Å². The predicted molar refractivity (Wildman–Crippen MR) is 124 cm³/mol. The largest absolute Gasteiger partial charge is 0.352 e. The Bertz CT molecular complexity index is 1260. The summed E-state index contributed by atoms with van der Waals surface area (Å²) in [6.07, 6.45) is 0. The van der Waals surface area contributed by atoms with Crippen molar-refractivity contribution in [2.75, 3.05) is 31.1 Å². The topological polar surface area (TPSA) is 78.0 Å². The number of benzene rings is 2. The Balaban J connectivity index is 1.22. The molecule has 8 heteroatoms. The van der Waals surface area contributed by atoms with Crippen molar-refractivity contribution in [3.63, 3.8) is 0 Å². The van der Waals surface area contributed by atoms with E-state index < -0.39 is 0 Å². The smallest absolute Gasteiger partial charge is 0.272 e. The molecule has 5 rings (SSSR count). The van der Waals surface area contributed by atoms with Gasteiger partial charge in [-0.25, -0.2) is 4.39 Å². The van der Waals surface area contributed by atoms with Gasteiger partial charge in [0.25, 0.3) is 5.91 Å². The Morgan fingerprint density at radius 3 is 2.36 bits per heavy atom. The standard InChI is InChI=1S/C25H23FN6O/c1-17-4-2-3-5-20(17)21-10-11-24(30-27-21)31-12-14-32(15-13-31)25(33)23-16-22(28-29-23)18-6-8-19(26)9-7-18/h2-11,16H,12-15H2,1H3,(H,28,29). The first-order chi connectivity index (χ1) is 16.1. The van der Waals surface area contributed by atoms with Crippen LogP contribution in [0.1, 0.15) is 16.1 Å². The maximum absolute atomic E-state index is 13.1. The molecule has 2 aromatic carbocycles. The zero-order chi connectivity index (χ0) is 22.8. The summed E-state index contributed by atoms with van der Waals surface area (Å²) in [5.74, 6) is 0.397. The Kier molecular flexibility index (Phi) is 5.56. The zero-order valence-corrected chi connectivity index (χ0v) is 18.2. The highest BCUT2D eigenvalue weighted by Crippen LogP contribution is 2.23. The molecule has 1 N–H and O–H groups in total. The Hall–Kier alpha value is -4.07. The summed E-state index contributed by atoms with van der Waals surface area (Å²) < 4.78 is 13.1. The van der Waals surface area contributed by atoms with Crippen LogP contribution in [-0.2, 0) is 0 Å². The minimum Gasteiger partial charge on any atom is -0.352 e. The van der Waals surface area contributed by atoms with Crippen LogP contribution in [0, 0.1) is 12.7 Å². The number of carbonyl (C=O) groups is 1. The lowest BCUT2D eigenvalue weighted by Gasteiger charge is -2.34. The van der Waals surface area contributed by atoms with E-state index in [1.54, 1.807) is 23.1 Å². The maximum Gasteiger partial charge on any atom is 0.272 e. The van der Waals surface area contributed by atoms with E-state index in [1.807, 2.05) is 30.3 Å². The van der Waals surface area contributed by atoms with Gasteiger partial charge in [-0.2, -0.15) is 5.10 Å². The Morgan fingerprint density at radius 1 is 0.909 bits per heavy atom. The second kappa shape index (κ2) is 8.82. The van der Waals surface area contributed by atoms with Crippen LogP contribution in [0.4, 0.5) is 10.2 Å². The lowest BCUT2D eigenvalue weighted by molar-refractivity contribution is 0.0740. The van der Waals surface area contributed by atoms with Crippen LogP contribution in [0.3, 0.4) is 0 Å². The lowest BCUT2D eigenvalue weighted by Crippen LogP contribution is -2.49. The summed E-state index contributed by atoms with van der Waals surface area (Å²) >= 11 is 0. The number of nitrogens with one attached hydrogen (secondary N) is 1. The van der Waals surface area contributed by atoms with Crippen molar-refractivity contribution in [3.8, 4) is 22.5 Å². The van der Waals surface area contributed by atoms with Crippen molar-refractivity contribution in [1.29, 1.82) is 0 Å². The molecule has 166 valence electrons. The number of halogens is 1. The third-order valence-corrected chi connectivity index (χ3v) is 5.91. The van der Waals surface area contributed by atoms with Crippen molar-refractivity contribution < 1.29 is 9.18 Å². The summed E-state index contributed by atoms with van der Waals surface area (Å²) in [5.41, 5.74) is 4.87. The van der Waals surface area contributed by atoms with Gasteiger partial charge in [0.05, 0.1) is 11.4 Å². The van der Waals surface area contributed by atoms with E-state index >= 15 is 0 Å². The van der Waals surface area contributed by atoms with Gasteiger partial charge < -0.3 is 9.80 Å². The highest BCUT2D eigenvalue weighted by atomic mass is 19.1. The average Bonchev–Trinajstić information content (AvgIpc) is 3.35. The highest BCUT2D eigenvalue weighted by molar-refractivity contribution is 5.93. The number of anilines is 1. The number of piperazine rings is 1. The molecule has 1 aliphatic heterocycles. The number of aryl methyl sites for hydroxylation is 1. The van der Waals surface area contributed by atoms with E-state index in [9.17, 15) is 9.18 Å². The molecular weight excluding hydrogens is 419 g/mol. The van der Waals surface area contributed by atoms with Crippen LogP contribution >= 0.6 is 0 Å². The van der Waals surface area contributed by atoms with Gasteiger partial charge >= 0.3 is 0 Å². The van der Waals surface area contributed by atoms with Gasteiger partial charge in [-0.15, -0.1) is 10.2 Å². The molecule has 7 nitrogen and oxygen atoms in total. The second-order valence-electron chi connectivity index (χ2n) is 8.04. The molecule has 1 fully saturated rings. The third-order valence-electron chi connectivity index (χ3n) is 5.91. The van der Waals surface area contributed by atoms with E-state index in [0.717, 1.165) is 28.2 Å². The second-order valence-corrected chi connectivity index (χ2v) is 8.04. The Labute approximate surface area is 190 Å². The third kappa shape index (κ3) is 4.32. The van der Waals surface area contributed by atoms with Gasteiger partial charge in [0.1, 0.15) is 11.5 Å². The van der Waals surface area contributed by atoms with Crippen LogP contribution in [0.2, 0.25) is 0 Å². The summed E-state index contributed by atoms with van der Waals surface area (Å²) in [5, 5.41) is 15.9. The molecule has 0 saturated carbocycles. The summed E-state index contributed by atoms with van der Waals surface area (Å²) in [4.78, 5) is 16.9. The fourth-order valence-electron chi connectivity index (χ4n) is 4.01. The van der Waals surface area contributed by atoms with Gasteiger partial charge in [0, 0.05) is 37.3 Å². The molecule has 3 heterocycles. The summed E-state index contributed by atoms with van der Waals surface area (Å²) in [7, 11) is 0. The molecule has 0 spiro atoms. The van der Waals surface area contributed by atoms with Gasteiger partial charge in [0.15, 0.2) is 5.82 Å². The normalized spacial score (nSPS) is 13.9. The van der Waals surface area contributed by atoms with Crippen LogP contribution in [0.25, 0.3) is 22.5 Å². The van der Waals surface area contributed by atoms with E-state index in [2.05, 4.69) is 38.3 Å². The van der Waals surface area contributed by atoms with E-state index in [4.69, 9.17) is 0 Å². The lowest BCUT2D eigenvalue weighted by atomic mass is 10.1. The van der Waals surface area contributed by atoms with Crippen molar-refractivity contribution in [2.45, 2.75) is 6.92 Å². The van der Waals surface area contributed by atoms with Crippen molar-refractivity contribution in [1.82, 2.24) is 25.3 Å². The first kappa shape index (κ1) is 20.8. The molecule has 2 aromatic heterocycles. The molecule has 1 amide bonds. The van der Waals surface area contributed by atoms with Gasteiger partial charge in [-0.1, -0.05) is 24.3 Å². The van der Waals surface area contributed by atoms with Crippen molar-refractivity contribution in [2.24, 2.45) is 0 Å². The quantitative estimate of drug-likeness (QED) is 0.518. The first-order valence-electron chi connectivity index (χ1n) is 10.8. The molecule has 1 saturated heterocycles. The maximum atomic E-state index is 13.1. The molecule has 0 radical (unpaired) electrons. The number of carbonyl (C=O) groups excluding carboxylic acids is 1. The van der Waals surface area contributed by atoms with Crippen LogP contribution in [-0.4, -0.2) is 57.4 Å². The van der Waals surface area contributed by atoms with Crippen LogP contribution < -0.4 is 4.90 Å². The number of amides is 1. The van der Waals surface area contributed by atoms with E-state index in [0.29, 0.717) is 37.6 Å². The number of aromatic amines is 1. The van der Waals surface area contributed by atoms with E-state index in [1.165, 1.54) is 12.1 Å². The Morgan fingerprint density at radius 2 is 1.67 bits per heavy atom. The number of rotatable bonds is 4. The first-order valence-corrected chi connectivity index (χ1v) is 10.8. The SMILES string of the molecule is Cc1ccccc1-c1ccc(N2CCN(C(=O)c3cc(-c4ccc(F)cc4)n[nH]3)CC2)nn1. The fraction of sp³-hybridized carbons (Fsp3) is 0.200. The monoisotopic (exact) mass is 442 g/mol. The molecule has 0 aliphatic carbocycles. The molecule has 0 unspecified atom stereocenters. The zero-order valence-electron chi connectivity index (χ0n) is 18.2. The van der Waals surface area contributed by atoms with E-state index in [-0.39, 0.29) is 11.7 Å². The van der Waals surface area contributed by atoms with Gasteiger partial charge in [-0.05, 0) is 55.0 Å². The highest BCUT2D eigenvalue weighted by Gasteiger charge is 2.24. The average molecular weight is 442 g/mol. The molecular formula is C25H23FN6O. The van der Waals surface area contributed by atoms with Crippen molar-refractivity contribution in [3.05, 3.63) is 83.8 Å². The summed E-state index contributed by atoms with van der Waals surface area (Å²) in [6, 6.07) is 19.8. The van der Waals surface area contributed by atoms with Gasteiger partial charge in [-0.3, -0.25) is 9.89 Å². The van der Waals surface area contributed by atoms with Crippen LogP contribution in [0.15, 0.2) is 66.7 Å². The number of nitrogens with zero attached hydrogens (tertiary/aromatic N) is 5. The molecule has 0 bridgehead atoms. The minimum absolute atomic E-state index is 0.100. The predicted octanol–water partition coefficient (Wildman–Crippen LogP) is 3.94. The number of aromatic nitrogens is 4. The summed E-state index contributed by atoms with van der Waals surface area (Å²) in [6.45, 7) is 4.55. The molecule has 4 aromatic rings. The number of hydrogen-bond acceptors (Lipinski definition) is 5. The molecule has 0 atom stereocenters. The fourth-order valence-corrected chi connectivity index (χ4v) is 4.01. The van der Waals surface area contributed by atoms with Crippen LogP contribution in [0.5, 0.6) is 0 Å². The number of hydrogen-bond donors (Lipinski definition) is 1. The molecule has 1 aliphatic rings.